The van der Waals surface area contributed by atoms with Gasteiger partial charge in [0.05, 0.1) is 12.0 Å². The quantitative estimate of drug-likeness (QED) is 0.379. The minimum atomic E-state index is -0.426. The Hall–Kier alpha value is -2.44. The summed E-state index contributed by atoms with van der Waals surface area (Å²) >= 11 is 3.25. The highest BCUT2D eigenvalue weighted by molar-refractivity contribution is 8.06. The second-order valence-corrected chi connectivity index (χ2v) is 7.48. The third-order valence-electron chi connectivity index (χ3n) is 3.41. The minimum absolute atomic E-state index is 0.426. The number of nitrogens with zero attached hydrogens (tertiary/aromatic N) is 1. The van der Waals surface area contributed by atoms with Crippen LogP contribution in [0.3, 0.4) is 0 Å². The van der Waals surface area contributed by atoms with Gasteiger partial charge >= 0.3 is 5.97 Å². The van der Waals surface area contributed by atoms with Crippen molar-refractivity contribution in [2.45, 2.75) is 23.6 Å². The molecule has 1 heterocycles. The number of carbonyl (C=O) groups is 1. The molecule has 2 aromatic rings. The molecule has 0 bridgehead atoms. The lowest BCUT2D eigenvalue weighted by Gasteiger charge is -2.05. The van der Waals surface area contributed by atoms with Crippen LogP contribution in [0.4, 0.5) is 0 Å². The first-order valence-electron chi connectivity index (χ1n) is 7.91. The molecule has 0 amide bonds. The first-order valence-corrected chi connectivity index (χ1v) is 9.60. The predicted molar refractivity (Wildman–Crippen MR) is 107 cm³/mol. The van der Waals surface area contributed by atoms with Crippen molar-refractivity contribution in [3.8, 4) is 0 Å². The minimum Gasteiger partial charge on any atom is -0.457 e. The van der Waals surface area contributed by atoms with Crippen LogP contribution < -0.4 is 0 Å². The van der Waals surface area contributed by atoms with Gasteiger partial charge in [-0.1, -0.05) is 52.9 Å². The maximum absolute atomic E-state index is 10.8. The van der Waals surface area contributed by atoms with Gasteiger partial charge in [-0.3, -0.25) is 0 Å². The van der Waals surface area contributed by atoms with Gasteiger partial charge in [-0.25, -0.2) is 4.79 Å². The van der Waals surface area contributed by atoms with Gasteiger partial charge in [-0.2, -0.15) is 0 Å². The molecule has 0 fully saturated rings. The summed E-state index contributed by atoms with van der Waals surface area (Å²) in [5.74, 6) is -0.426. The highest BCUT2D eigenvalue weighted by Crippen LogP contribution is 2.30. The molecule has 4 nitrogen and oxygen atoms in total. The van der Waals surface area contributed by atoms with Crippen molar-refractivity contribution >= 4 is 41.3 Å². The summed E-state index contributed by atoms with van der Waals surface area (Å²) in [5.41, 5.74) is 2.68. The van der Waals surface area contributed by atoms with Gasteiger partial charge in [0.1, 0.15) is 0 Å². The normalized spacial score (nSPS) is 15.2. The summed E-state index contributed by atoms with van der Waals surface area (Å²) in [6.07, 6.45) is 3.70. The Morgan fingerprint density at radius 1 is 1.08 bits per heavy atom. The number of benzene rings is 2. The predicted octanol–water partition coefficient (Wildman–Crippen LogP) is 5.66. The maximum atomic E-state index is 10.8. The molecular formula is C20H17NO3S2. The molecule has 0 saturated heterocycles. The number of hydrogen-bond donors (Lipinski definition) is 0. The van der Waals surface area contributed by atoms with Crippen LogP contribution >= 0.6 is 23.5 Å². The molecule has 0 atom stereocenters. The largest absolute Gasteiger partial charge is 0.457 e. The highest BCUT2D eigenvalue weighted by atomic mass is 32.2. The molecule has 26 heavy (non-hydrogen) atoms. The molecule has 1 aliphatic heterocycles. The van der Waals surface area contributed by atoms with Gasteiger partial charge in [0.15, 0.2) is 5.09 Å². The first-order chi connectivity index (χ1) is 12.6. The van der Waals surface area contributed by atoms with Gasteiger partial charge in [0.25, 0.3) is 0 Å². The number of rotatable bonds is 5. The Bertz CT molecular complexity index is 859. The van der Waals surface area contributed by atoms with Crippen LogP contribution in [0.5, 0.6) is 0 Å². The zero-order chi connectivity index (χ0) is 18.4. The van der Waals surface area contributed by atoms with Crippen LogP contribution in [0.15, 0.2) is 80.2 Å². The van der Waals surface area contributed by atoms with Crippen molar-refractivity contribution in [2.75, 3.05) is 0 Å². The molecule has 0 radical (unpaired) electrons. The standard InChI is InChI=1S/C20H17NO3S2/c1-14(21-24-15(2)22)17-5-9-19(10-6-17)26-18-7-3-16(4-8-18)13-20-23-11-12-25-20/h3-13H,1-2H3. The Labute approximate surface area is 161 Å². The number of oxime groups is 1. The smallest absolute Gasteiger partial charge is 0.331 e. The van der Waals surface area contributed by atoms with Crippen LogP contribution in [0.1, 0.15) is 25.0 Å². The Balaban J connectivity index is 1.63. The van der Waals surface area contributed by atoms with E-state index in [2.05, 4.69) is 34.3 Å². The number of ether oxygens (including phenoxy) is 1. The second kappa shape index (κ2) is 8.78. The molecule has 0 saturated carbocycles. The molecule has 0 spiro atoms. The highest BCUT2D eigenvalue weighted by Gasteiger charge is 2.04. The van der Waals surface area contributed by atoms with Crippen molar-refractivity contribution in [1.82, 2.24) is 0 Å². The SMILES string of the molecule is CC(=O)ON=C(C)c1ccc(Sc2ccc(C=C3OC=CS3)cc2)cc1. The van der Waals surface area contributed by atoms with Crippen LogP contribution in [0.25, 0.3) is 6.08 Å². The lowest BCUT2D eigenvalue weighted by molar-refractivity contribution is -0.140. The molecule has 6 heteroatoms. The lowest BCUT2D eigenvalue weighted by Crippen LogP contribution is -1.99. The van der Waals surface area contributed by atoms with Crippen LogP contribution in [0, 0.1) is 0 Å². The van der Waals surface area contributed by atoms with Gasteiger partial charge in [0, 0.05) is 22.1 Å². The van der Waals surface area contributed by atoms with E-state index in [-0.39, 0.29) is 0 Å². The molecular weight excluding hydrogens is 366 g/mol. The van der Waals surface area contributed by atoms with Crippen molar-refractivity contribution in [3.05, 3.63) is 76.4 Å². The third kappa shape index (κ3) is 5.28. The molecule has 0 aliphatic carbocycles. The second-order valence-electron chi connectivity index (χ2n) is 5.43. The van der Waals surface area contributed by atoms with E-state index < -0.39 is 5.97 Å². The average molecular weight is 383 g/mol. The molecule has 2 aromatic carbocycles. The molecule has 3 rings (SSSR count). The summed E-state index contributed by atoms with van der Waals surface area (Å²) < 4.78 is 5.34. The summed E-state index contributed by atoms with van der Waals surface area (Å²) in [4.78, 5) is 17.8. The molecule has 0 aromatic heterocycles. The lowest BCUT2D eigenvalue weighted by atomic mass is 10.1. The number of thioether (sulfide) groups is 1. The topological polar surface area (TPSA) is 47.9 Å². The number of hydrogen-bond acceptors (Lipinski definition) is 6. The Morgan fingerprint density at radius 3 is 2.31 bits per heavy atom. The van der Waals surface area contributed by atoms with E-state index in [9.17, 15) is 4.79 Å². The summed E-state index contributed by atoms with van der Waals surface area (Å²) in [6.45, 7) is 3.13. The number of carbonyl (C=O) groups excluding carboxylic acids is 1. The van der Waals surface area contributed by atoms with E-state index in [0.717, 1.165) is 26.0 Å². The van der Waals surface area contributed by atoms with E-state index in [1.54, 1.807) is 36.7 Å². The van der Waals surface area contributed by atoms with E-state index >= 15 is 0 Å². The molecule has 0 unspecified atom stereocenters. The van der Waals surface area contributed by atoms with Crippen LogP contribution in [-0.4, -0.2) is 11.7 Å². The van der Waals surface area contributed by atoms with E-state index in [1.807, 2.05) is 35.7 Å². The summed E-state index contributed by atoms with van der Waals surface area (Å²) in [5, 5.41) is 6.59. The zero-order valence-corrected chi connectivity index (χ0v) is 16.0. The Kier molecular flexibility index (Phi) is 6.20. The fourth-order valence-electron chi connectivity index (χ4n) is 2.14. The van der Waals surface area contributed by atoms with Gasteiger partial charge < -0.3 is 9.57 Å². The maximum Gasteiger partial charge on any atom is 0.331 e. The van der Waals surface area contributed by atoms with E-state index in [1.165, 1.54) is 6.92 Å². The van der Waals surface area contributed by atoms with Crippen LogP contribution in [-0.2, 0) is 14.4 Å². The fourth-order valence-corrected chi connectivity index (χ4v) is 3.52. The third-order valence-corrected chi connectivity index (χ3v) is 5.12. The van der Waals surface area contributed by atoms with Gasteiger partial charge in [0.2, 0.25) is 0 Å². The average Bonchev–Trinajstić information content (AvgIpc) is 3.15. The molecule has 0 N–H and O–H groups in total. The summed E-state index contributed by atoms with van der Waals surface area (Å²) in [7, 11) is 0. The van der Waals surface area contributed by atoms with E-state index in [0.29, 0.717) is 5.71 Å². The molecule has 1 aliphatic rings. The van der Waals surface area contributed by atoms with Gasteiger partial charge in [-0.05, 0) is 48.4 Å². The van der Waals surface area contributed by atoms with E-state index in [4.69, 9.17) is 4.74 Å². The Morgan fingerprint density at radius 2 is 1.73 bits per heavy atom. The van der Waals surface area contributed by atoms with Gasteiger partial charge in [-0.15, -0.1) is 0 Å². The fraction of sp³-hybridized carbons (Fsp3) is 0.100. The monoisotopic (exact) mass is 383 g/mol. The first kappa shape index (κ1) is 18.4. The van der Waals surface area contributed by atoms with Crippen molar-refractivity contribution in [2.24, 2.45) is 5.16 Å². The van der Waals surface area contributed by atoms with Crippen LogP contribution in [0.2, 0.25) is 0 Å². The zero-order valence-electron chi connectivity index (χ0n) is 14.3. The van der Waals surface area contributed by atoms with Crippen molar-refractivity contribution in [3.63, 3.8) is 0 Å². The van der Waals surface area contributed by atoms with Crippen molar-refractivity contribution in [1.29, 1.82) is 0 Å². The summed E-state index contributed by atoms with van der Waals surface area (Å²) in [6, 6.07) is 16.3. The van der Waals surface area contributed by atoms with Crippen molar-refractivity contribution < 1.29 is 14.4 Å². The molecule has 132 valence electrons.